The van der Waals surface area contributed by atoms with E-state index < -0.39 is 21.7 Å². The lowest BCUT2D eigenvalue weighted by Gasteiger charge is -2.34. The molecule has 0 spiro atoms. The van der Waals surface area contributed by atoms with Crippen molar-refractivity contribution in [1.29, 1.82) is 0 Å². The smallest absolute Gasteiger partial charge is 0.260 e. The number of sulfonamides is 1. The molecule has 0 bridgehead atoms. The molecular weight excluding hydrogens is 378 g/mol. The maximum absolute atomic E-state index is 13.3. The number of piperazine rings is 1. The summed E-state index contributed by atoms with van der Waals surface area (Å²) in [6.45, 7) is 0.385. The Bertz CT molecular complexity index is 914. The summed E-state index contributed by atoms with van der Waals surface area (Å²) in [5.74, 6) is -2.00. The minimum Gasteiger partial charge on any atom is -0.484 e. The van der Waals surface area contributed by atoms with Crippen molar-refractivity contribution in [2.24, 2.45) is 0 Å². The summed E-state index contributed by atoms with van der Waals surface area (Å²) in [6.07, 6.45) is 0. The van der Waals surface area contributed by atoms with E-state index in [1.54, 1.807) is 24.3 Å². The molecule has 0 saturated carbocycles. The van der Waals surface area contributed by atoms with Crippen LogP contribution in [-0.2, 0) is 14.8 Å². The number of hydrogen-bond donors (Lipinski definition) is 0. The average molecular weight is 396 g/mol. The van der Waals surface area contributed by atoms with Gasteiger partial charge in [-0.2, -0.15) is 4.31 Å². The molecule has 3 rings (SSSR count). The van der Waals surface area contributed by atoms with Gasteiger partial charge in [0.1, 0.15) is 5.75 Å². The number of rotatable bonds is 5. The maximum atomic E-state index is 13.3. The highest BCUT2D eigenvalue weighted by atomic mass is 32.2. The van der Waals surface area contributed by atoms with Crippen molar-refractivity contribution in [2.75, 3.05) is 32.8 Å². The molecule has 1 fully saturated rings. The molecule has 0 unspecified atom stereocenters. The van der Waals surface area contributed by atoms with Gasteiger partial charge in [0.2, 0.25) is 10.0 Å². The lowest BCUT2D eigenvalue weighted by Crippen LogP contribution is -2.51. The van der Waals surface area contributed by atoms with Crippen LogP contribution < -0.4 is 4.74 Å². The molecular formula is C18H18F2N2O4S. The normalized spacial score (nSPS) is 15.6. The first-order valence-electron chi connectivity index (χ1n) is 8.29. The lowest BCUT2D eigenvalue weighted by molar-refractivity contribution is -0.134. The number of carbonyl (C=O) groups is 1. The standard InChI is InChI=1S/C18H18F2N2O4S/c19-16-7-6-15(12-17(16)20)27(24,25)22-10-8-21(9-11-22)18(23)13-26-14-4-2-1-3-5-14/h1-7,12H,8-11,13H2. The second kappa shape index (κ2) is 8.01. The van der Waals surface area contributed by atoms with Crippen LogP contribution in [0.1, 0.15) is 0 Å². The molecule has 9 heteroatoms. The number of ether oxygens (including phenoxy) is 1. The second-order valence-electron chi connectivity index (χ2n) is 5.96. The van der Waals surface area contributed by atoms with Crippen LogP contribution in [0, 0.1) is 11.6 Å². The molecule has 1 saturated heterocycles. The summed E-state index contributed by atoms with van der Waals surface area (Å²) < 4.78 is 58.0. The maximum Gasteiger partial charge on any atom is 0.260 e. The van der Waals surface area contributed by atoms with Gasteiger partial charge in [0, 0.05) is 26.2 Å². The van der Waals surface area contributed by atoms with Crippen LogP contribution in [0.3, 0.4) is 0 Å². The third kappa shape index (κ3) is 4.42. The Morgan fingerprint density at radius 1 is 0.963 bits per heavy atom. The van der Waals surface area contributed by atoms with Crippen molar-refractivity contribution in [3.8, 4) is 5.75 Å². The van der Waals surface area contributed by atoms with E-state index >= 15 is 0 Å². The monoisotopic (exact) mass is 396 g/mol. The Balaban J connectivity index is 1.57. The van der Waals surface area contributed by atoms with E-state index in [1.807, 2.05) is 6.07 Å². The van der Waals surface area contributed by atoms with Crippen LogP contribution in [0.5, 0.6) is 5.75 Å². The van der Waals surface area contributed by atoms with Gasteiger partial charge in [-0.3, -0.25) is 4.79 Å². The summed E-state index contributed by atoms with van der Waals surface area (Å²) >= 11 is 0. The zero-order valence-electron chi connectivity index (χ0n) is 14.3. The predicted octanol–water partition coefficient (Wildman–Crippen LogP) is 1.88. The van der Waals surface area contributed by atoms with E-state index in [4.69, 9.17) is 4.74 Å². The summed E-state index contributed by atoms with van der Waals surface area (Å²) in [4.78, 5) is 13.4. The van der Waals surface area contributed by atoms with E-state index in [2.05, 4.69) is 0 Å². The Kier molecular flexibility index (Phi) is 5.71. The van der Waals surface area contributed by atoms with Crippen molar-refractivity contribution < 1.29 is 26.7 Å². The van der Waals surface area contributed by atoms with Crippen molar-refractivity contribution in [3.05, 3.63) is 60.2 Å². The Morgan fingerprint density at radius 2 is 1.63 bits per heavy atom. The topological polar surface area (TPSA) is 66.9 Å². The first-order chi connectivity index (χ1) is 12.9. The van der Waals surface area contributed by atoms with Gasteiger partial charge < -0.3 is 9.64 Å². The summed E-state index contributed by atoms with van der Waals surface area (Å²) in [5.41, 5.74) is 0. The van der Waals surface area contributed by atoms with Gasteiger partial charge in [-0.05, 0) is 30.3 Å². The molecule has 2 aromatic rings. The predicted molar refractivity (Wildman–Crippen MR) is 93.6 cm³/mol. The fourth-order valence-electron chi connectivity index (χ4n) is 2.72. The third-order valence-corrected chi connectivity index (χ3v) is 6.12. The lowest BCUT2D eigenvalue weighted by atomic mass is 10.3. The highest BCUT2D eigenvalue weighted by Crippen LogP contribution is 2.20. The number of para-hydroxylation sites is 1. The quantitative estimate of drug-likeness (QED) is 0.774. The molecule has 1 amide bonds. The Hall–Kier alpha value is -2.52. The molecule has 1 heterocycles. The zero-order chi connectivity index (χ0) is 19.4. The van der Waals surface area contributed by atoms with Crippen LogP contribution in [0.4, 0.5) is 8.78 Å². The highest BCUT2D eigenvalue weighted by Gasteiger charge is 2.30. The van der Waals surface area contributed by atoms with Gasteiger partial charge in [0.25, 0.3) is 5.91 Å². The molecule has 27 heavy (non-hydrogen) atoms. The van der Waals surface area contributed by atoms with E-state index in [0.29, 0.717) is 11.8 Å². The Labute approximate surface area is 156 Å². The van der Waals surface area contributed by atoms with Crippen LogP contribution in [-0.4, -0.2) is 56.3 Å². The number of benzene rings is 2. The number of amides is 1. The first kappa shape index (κ1) is 19.2. The molecule has 1 aliphatic heterocycles. The van der Waals surface area contributed by atoms with Gasteiger partial charge in [-0.1, -0.05) is 18.2 Å². The summed E-state index contributed by atoms with van der Waals surface area (Å²) in [5, 5.41) is 0. The Morgan fingerprint density at radius 3 is 2.26 bits per heavy atom. The molecule has 0 N–H and O–H groups in total. The molecule has 144 valence electrons. The van der Waals surface area contributed by atoms with Gasteiger partial charge >= 0.3 is 0 Å². The molecule has 6 nitrogen and oxygen atoms in total. The average Bonchev–Trinajstić information content (AvgIpc) is 2.69. The van der Waals surface area contributed by atoms with E-state index in [-0.39, 0.29) is 43.6 Å². The molecule has 0 aromatic heterocycles. The summed E-state index contributed by atoms with van der Waals surface area (Å²) in [7, 11) is -3.95. The van der Waals surface area contributed by atoms with Crippen molar-refractivity contribution >= 4 is 15.9 Å². The van der Waals surface area contributed by atoms with Gasteiger partial charge in [0.05, 0.1) is 4.90 Å². The van der Waals surface area contributed by atoms with Gasteiger partial charge in [-0.15, -0.1) is 0 Å². The van der Waals surface area contributed by atoms with E-state index in [1.165, 1.54) is 4.90 Å². The number of hydrogen-bond acceptors (Lipinski definition) is 4. The van der Waals surface area contributed by atoms with Crippen molar-refractivity contribution in [3.63, 3.8) is 0 Å². The van der Waals surface area contributed by atoms with E-state index in [0.717, 1.165) is 16.4 Å². The van der Waals surface area contributed by atoms with Crippen molar-refractivity contribution in [1.82, 2.24) is 9.21 Å². The highest BCUT2D eigenvalue weighted by molar-refractivity contribution is 7.89. The number of halogens is 2. The first-order valence-corrected chi connectivity index (χ1v) is 9.73. The molecule has 2 aromatic carbocycles. The van der Waals surface area contributed by atoms with Crippen LogP contribution in [0.15, 0.2) is 53.4 Å². The van der Waals surface area contributed by atoms with Crippen LogP contribution in [0.2, 0.25) is 0 Å². The van der Waals surface area contributed by atoms with E-state index in [9.17, 15) is 22.0 Å². The van der Waals surface area contributed by atoms with Crippen molar-refractivity contribution in [2.45, 2.75) is 4.90 Å². The SMILES string of the molecule is O=C(COc1ccccc1)N1CCN(S(=O)(=O)c2ccc(F)c(F)c2)CC1. The van der Waals surface area contributed by atoms with Crippen LogP contribution in [0.25, 0.3) is 0 Å². The number of carbonyl (C=O) groups excluding carboxylic acids is 1. The minimum atomic E-state index is -3.95. The molecule has 1 aliphatic rings. The third-order valence-electron chi connectivity index (χ3n) is 4.23. The zero-order valence-corrected chi connectivity index (χ0v) is 15.2. The number of nitrogens with zero attached hydrogens (tertiary/aromatic N) is 2. The minimum absolute atomic E-state index is 0.0679. The molecule has 0 aliphatic carbocycles. The fraction of sp³-hybridized carbons (Fsp3) is 0.278. The molecule has 0 atom stereocenters. The van der Waals surface area contributed by atoms with Crippen LogP contribution >= 0.6 is 0 Å². The summed E-state index contributed by atoms with van der Waals surface area (Å²) in [6, 6.07) is 11.4. The second-order valence-corrected chi connectivity index (χ2v) is 7.90. The largest absolute Gasteiger partial charge is 0.484 e. The van der Waals surface area contributed by atoms with Gasteiger partial charge in [-0.25, -0.2) is 17.2 Å². The van der Waals surface area contributed by atoms with Gasteiger partial charge in [0.15, 0.2) is 18.2 Å². The fourth-order valence-corrected chi connectivity index (χ4v) is 4.15. The molecule has 0 radical (unpaired) electrons.